The minimum atomic E-state index is -1.07. The Morgan fingerprint density at radius 3 is 2.18 bits per heavy atom. The topological polar surface area (TPSA) is 105 Å². The molecule has 0 saturated carbocycles. The molecule has 3 aromatic carbocycles. The van der Waals surface area contributed by atoms with Gasteiger partial charge in [0.05, 0.1) is 11.3 Å². The summed E-state index contributed by atoms with van der Waals surface area (Å²) in [5, 5.41) is 14.4. The molecule has 0 spiro atoms. The molecule has 8 heteroatoms. The average Bonchev–Trinajstić information content (AvgIpc) is 3.16. The highest BCUT2D eigenvalue weighted by molar-refractivity contribution is 9.10. The average molecular weight is 523 g/mol. The van der Waals surface area contributed by atoms with Gasteiger partial charge in [0.1, 0.15) is 12.6 Å². The summed E-state index contributed by atoms with van der Waals surface area (Å²) in [5.41, 5.74) is 4.98. The van der Waals surface area contributed by atoms with Crippen LogP contribution in [0.5, 0.6) is 0 Å². The summed E-state index contributed by atoms with van der Waals surface area (Å²) in [6.45, 7) is 1.93. The van der Waals surface area contributed by atoms with Crippen LogP contribution in [0, 0.1) is 0 Å². The first-order chi connectivity index (χ1) is 16.4. The van der Waals surface area contributed by atoms with Crippen molar-refractivity contribution in [3.8, 4) is 11.1 Å². The Balaban J connectivity index is 1.39. The molecule has 174 valence electrons. The third kappa shape index (κ3) is 4.82. The first-order valence-corrected chi connectivity index (χ1v) is 11.6. The lowest BCUT2D eigenvalue weighted by Gasteiger charge is -2.19. The molecule has 0 radical (unpaired) electrons. The highest BCUT2D eigenvalue weighted by atomic mass is 79.9. The molecule has 1 aliphatic rings. The van der Waals surface area contributed by atoms with Crippen molar-refractivity contribution in [2.24, 2.45) is 0 Å². The Morgan fingerprint density at radius 1 is 1.00 bits per heavy atom. The maximum atomic E-state index is 12.7. The molecule has 4 rings (SSSR count). The summed E-state index contributed by atoms with van der Waals surface area (Å²) in [6.07, 6.45) is -0.329. The number of alkyl carbamates (subject to hydrolysis) is 1. The molecule has 3 aromatic rings. The quantitative estimate of drug-likeness (QED) is 0.385. The largest absolute Gasteiger partial charge is 0.478 e. The molecule has 0 bridgehead atoms. The van der Waals surface area contributed by atoms with Crippen LogP contribution in [0.15, 0.2) is 71.2 Å². The molecule has 1 aliphatic carbocycles. The Labute approximate surface area is 205 Å². The van der Waals surface area contributed by atoms with Gasteiger partial charge >= 0.3 is 12.1 Å². The second kappa shape index (κ2) is 10.1. The molecular formula is C26H23BrN2O5. The normalized spacial score (nSPS) is 12.9. The van der Waals surface area contributed by atoms with E-state index in [0.29, 0.717) is 16.6 Å². The molecule has 0 saturated heterocycles. The molecule has 0 aromatic heterocycles. The lowest BCUT2D eigenvalue weighted by molar-refractivity contribution is -0.118. The maximum Gasteiger partial charge on any atom is 0.407 e. The summed E-state index contributed by atoms with van der Waals surface area (Å²) in [6, 6.07) is 19.6. The lowest BCUT2D eigenvalue weighted by Crippen LogP contribution is -2.43. The van der Waals surface area contributed by atoms with Crippen LogP contribution in [0.1, 0.15) is 40.7 Å². The van der Waals surface area contributed by atoms with Gasteiger partial charge in [0.2, 0.25) is 5.91 Å². The van der Waals surface area contributed by atoms with Crippen molar-refractivity contribution in [3.05, 3.63) is 87.9 Å². The number of nitrogens with one attached hydrogen (secondary N) is 2. The predicted octanol–water partition coefficient (Wildman–Crippen LogP) is 5.40. The highest BCUT2D eigenvalue weighted by Gasteiger charge is 2.29. The van der Waals surface area contributed by atoms with Crippen LogP contribution < -0.4 is 10.6 Å². The predicted molar refractivity (Wildman–Crippen MR) is 132 cm³/mol. The van der Waals surface area contributed by atoms with E-state index in [1.165, 1.54) is 18.2 Å². The van der Waals surface area contributed by atoms with Crippen LogP contribution in [-0.2, 0) is 9.53 Å². The van der Waals surface area contributed by atoms with E-state index in [1.807, 2.05) is 36.4 Å². The van der Waals surface area contributed by atoms with Crippen LogP contribution in [-0.4, -0.2) is 35.7 Å². The first-order valence-electron chi connectivity index (χ1n) is 10.8. The molecule has 0 aliphatic heterocycles. The molecule has 1 unspecified atom stereocenters. The fourth-order valence-corrected chi connectivity index (χ4v) is 4.58. The summed E-state index contributed by atoms with van der Waals surface area (Å²) in [7, 11) is 0. The minimum Gasteiger partial charge on any atom is -0.478 e. The summed E-state index contributed by atoms with van der Waals surface area (Å²) in [5.74, 6) is -1.57. The fourth-order valence-electron chi connectivity index (χ4n) is 4.10. The SMILES string of the molecule is CCC(NC(=O)OCC1c2ccccc2-c2ccccc21)C(=O)Nc1ccc(C(=O)O)cc1Br. The number of hydrogen-bond acceptors (Lipinski definition) is 4. The van der Waals surface area contributed by atoms with E-state index >= 15 is 0 Å². The number of carbonyl (C=O) groups is 3. The second-order valence-corrected chi connectivity index (χ2v) is 8.77. The van der Waals surface area contributed by atoms with E-state index in [4.69, 9.17) is 9.84 Å². The van der Waals surface area contributed by atoms with Gasteiger partial charge in [-0.1, -0.05) is 55.5 Å². The Bertz CT molecular complexity index is 1210. The number of anilines is 1. The van der Waals surface area contributed by atoms with Crippen molar-refractivity contribution in [2.75, 3.05) is 11.9 Å². The van der Waals surface area contributed by atoms with E-state index in [-0.39, 0.29) is 18.1 Å². The minimum absolute atomic E-state index is 0.0734. The fraction of sp³-hybridized carbons (Fsp3) is 0.192. The zero-order valence-electron chi connectivity index (χ0n) is 18.4. The monoisotopic (exact) mass is 522 g/mol. The molecule has 1 atom stereocenters. The van der Waals surface area contributed by atoms with Crippen molar-refractivity contribution in [1.29, 1.82) is 0 Å². The van der Waals surface area contributed by atoms with Gasteiger partial charge in [-0.2, -0.15) is 0 Å². The standard InChI is InChI=1S/C26H23BrN2O5/c1-2-22(24(30)28-23-12-11-15(25(31)32)13-21(23)27)29-26(33)34-14-20-18-9-5-3-7-16(18)17-8-4-6-10-19(17)20/h3-13,20,22H,2,14H2,1H3,(H,28,30)(H,29,33)(H,31,32). The maximum absolute atomic E-state index is 12.7. The molecule has 34 heavy (non-hydrogen) atoms. The van der Waals surface area contributed by atoms with Crippen molar-refractivity contribution in [2.45, 2.75) is 25.3 Å². The van der Waals surface area contributed by atoms with Crippen molar-refractivity contribution < 1.29 is 24.2 Å². The van der Waals surface area contributed by atoms with Gasteiger partial charge in [0.25, 0.3) is 0 Å². The summed E-state index contributed by atoms with van der Waals surface area (Å²) in [4.78, 5) is 36.4. The number of amides is 2. The number of benzene rings is 3. The number of aromatic carboxylic acids is 1. The Kier molecular flexibility index (Phi) is 6.98. The van der Waals surface area contributed by atoms with E-state index in [2.05, 4.69) is 38.7 Å². The number of hydrogen-bond donors (Lipinski definition) is 3. The third-order valence-electron chi connectivity index (χ3n) is 5.83. The van der Waals surface area contributed by atoms with Gasteiger partial charge < -0.3 is 20.5 Å². The van der Waals surface area contributed by atoms with Crippen LogP contribution in [0.3, 0.4) is 0 Å². The van der Waals surface area contributed by atoms with Gasteiger partial charge in [-0.05, 0) is 62.8 Å². The smallest absolute Gasteiger partial charge is 0.407 e. The van der Waals surface area contributed by atoms with Gasteiger partial charge in [0.15, 0.2) is 0 Å². The molecule has 0 fully saturated rings. The molecule has 2 amide bonds. The highest BCUT2D eigenvalue weighted by Crippen LogP contribution is 2.44. The van der Waals surface area contributed by atoms with Crippen LogP contribution in [0.2, 0.25) is 0 Å². The number of carbonyl (C=O) groups excluding carboxylic acids is 2. The van der Waals surface area contributed by atoms with Crippen molar-refractivity contribution in [3.63, 3.8) is 0 Å². The Morgan fingerprint density at radius 2 is 1.62 bits per heavy atom. The lowest BCUT2D eigenvalue weighted by atomic mass is 9.98. The van der Waals surface area contributed by atoms with Crippen LogP contribution in [0.25, 0.3) is 11.1 Å². The van der Waals surface area contributed by atoms with Crippen molar-refractivity contribution >= 4 is 39.6 Å². The number of carboxylic acid groups (broad SMARTS) is 1. The molecule has 0 heterocycles. The number of fused-ring (bicyclic) bond motifs is 3. The van der Waals surface area contributed by atoms with Crippen LogP contribution >= 0.6 is 15.9 Å². The van der Waals surface area contributed by atoms with Gasteiger partial charge in [-0.3, -0.25) is 4.79 Å². The number of halogens is 1. The summed E-state index contributed by atoms with van der Waals surface area (Å²) < 4.78 is 5.96. The number of ether oxygens (including phenoxy) is 1. The Hall–Kier alpha value is -3.65. The second-order valence-electron chi connectivity index (χ2n) is 7.92. The molecule has 3 N–H and O–H groups in total. The van der Waals surface area contributed by atoms with Gasteiger partial charge in [-0.15, -0.1) is 0 Å². The van der Waals surface area contributed by atoms with Crippen molar-refractivity contribution in [1.82, 2.24) is 5.32 Å². The van der Waals surface area contributed by atoms with E-state index in [1.54, 1.807) is 6.92 Å². The van der Waals surface area contributed by atoms with E-state index < -0.39 is 24.0 Å². The zero-order valence-corrected chi connectivity index (χ0v) is 20.0. The van der Waals surface area contributed by atoms with Gasteiger partial charge in [-0.25, -0.2) is 9.59 Å². The number of carboxylic acids is 1. The van der Waals surface area contributed by atoms with Crippen LogP contribution in [0.4, 0.5) is 10.5 Å². The molecular weight excluding hydrogens is 500 g/mol. The van der Waals surface area contributed by atoms with E-state index in [0.717, 1.165) is 22.3 Å². The number of rotatable bonds is 7. The zero-order chi connectivity index (χ0) is 24.2. The molecule has 7 nitrogen and oxygen atoms in total. The van der Waals surface area contributed by atoms with Gasteiger partial charge in [0, 0.05) is 10.4 Å². The van der Waals surface area contributed by atoms with E-state index in [9.17, 15) is 14.4 Å². The summed E-state index contributed by atoms with van der Waals surface area (Å²) >= 11 is 3.26. The third-order valence-corrected chi connectivity index (χ3v) is 6.49. The first kappa shape index (κ1) is 23.5.